The van der Waals surface area contributed by atoms with E-state index in [1.54, 1.807) is 19.2 Å². The Bertz CT molecular complexity index is 246. The Morgan fingerprint density at radius 2 is 2.45 bits per heavy atom. The number of hydrogen-bond acceptors (Lipinski definition) is 3. The number of aromatic nitrogens is 1. The normalized spacial score (nSPS) is 11.5. The third-order valence-corrected chi connectivity index (χ3v) is 1.99. The summed E-state index contributed by atoms with van der Waals surface area (Å²) in [5.41, 5.74) is 0. The molecule has 1 N–H and O–H groups in total. The fourth-order valence-electron chi connectivity index (χ4n) is 0.574. The van der Waals surface area contributed by atoms with Crippen LogP contribution < -0.4 is 0 Å². The molecule has 0 fully saturated rings. The van der Waals surface area contributed by atoms with Crippen LogP contribution in [0.2, 0.25) is 0 Å². The average molecular weight is 167 g/mol. The zero-order valence-electron chi connectivity index (χ0n) is 6.19. The predicted molar refractivity (Wildman–Crippen MR) is 46.5 cm³/mol. The minimum atomic E-state index is 0.281. The zero-order valence-corrected chi connectivity index (χ0v) is 7.01. The van der Waals surface area contributed by atoms with Crippen LogP contribution in [-0.2, 0) is 0 Å². The smallest absolute Gasteiger partial charge is 0.151 e. The van der Waals surface area contributed by atoms with Crippen molar-refractivity contribution in [2.75, 3.05) is 0 Å². The number of nitrogens with zero attached hydrogens (tertiary/aromatic N) is 1. The summed E-state index contributed by atoms with van der Waals surface area (Å²) in [6, 6.07) is 5.58. The first-order chi connectivity index (χ1) is 5.33. The minimum Gasteiger partial charge on any atom is -0.502 e. The average Bonchev–Trinajstić information content (AvgIpc) is 2.06. The Morgan fingerprint density at radius 3 is 3.00 bits per heavy atom. The molecule has 3 heteroatoms. The maximum Gasteiger partial charge on any atom is 0.151 e. The molecule has 1 heterocycles. The van der Waals surface area contributed by atoms with Crippen LogP contribution in [0.5, 0.6) is 0 Å². The molecule has 1 aromatic heterocycles. The fraction of sp³-hybridized carbons (Fsp3) is 0.125. The molecule has 1 rings (SSSR count). The molecule has 0 atom stereocenters. The molecule has 2 nitrogen and oxygen atoms in total. The zero-order chi connectivity index (χ0) is 8.10. The standard InChI is InChI=1S/C8H9NOS/c1-2-8(10)11-7-5-3-4-6-9-7/h2-6,10H,1H3/b8-2+. The minimum absolute atomic E-state index is 0.281. The van der Waals surface area contributed by atoms with Gasteiger partial charge in [0.1, 0.15) is 5.03 Å². The lowest BCUT2D eigenvalue weighted by Gasteiger charge is -1.96. The van der Waals surface area contributed by atoms with Gasteiger partial charge in [-0.25, -0.2) is 4.98 Å². The molecule has 0 aromatic carbocycles. The van der Waals surface area contributed by atoms with Crippen molar-refractivity contribution in [2.45, 2.75) is 11.9 Å². The van der Waals surface area contributed by atoms with Crippen molar-refractivity contribution in [2.24, 2.45) is 0 Å². The molecule has 0 spiro atoms. The Labute approximate surface area is 70.0 Å². The molecule has 0 aliphatic rings. The van der Waals surface area contributed by atoms with Gasteiger partial charge in [0.2, 0.25) is 0 Å². The summed E-state index contributed by atoms with van der Waals surface area (Å²) >= 11 is 1.25. The van der Waals surface area contributed by atoms with E-state index in [4.69, 9.17) is 5.11 Å². The van der Waals surface area contributed by atoms with E-state index in [0.29, 0.717) is 0 Å². The maximum absolute atomic E-state index is 9.10. The van der Waals surface area contributed by atoms with Crippen molar-refractivity contribution < 1.29 is 5.11 Å². The molecule has 0 amide bonds. The van der Waals surface area contributed by atoms with E-state index >= 15 is 0 Å². The van der Waals surface area contributed by atoms with Crippen LogP contribution in [0, 0.1) is 0 Å². The Hall–Kier alpha value is -0.960. The van der Waals surface area contributed by atoms with Gasteiger partial charge in [-0.15, -0.1) is 0 Å². The van der Waals surface area contributed by atoms with Gasteiger partial charge >= 0.3 is 0 Å². The van der Waals surface area contributed by atoms with Crippen LogP contribution in [-0.4, -0.2) is 10.1 Å². The highest BCUT2D eigenvalue weighted by atomic mass is 32.2. The van der Waals surface area contributed by atoms with Gasteiger partial charge in [0.15, 0.2) is 5.09 Å². The molecular formula is C8H9NOS. The first-order valence-corrected chi connectivity index (χ1v) is 4.08. The number of pyridine rings is 1. The first-order valence-electron chi connectivity index (χ1n) is 3.27. The van der Waals surface area contributed by atoms with E-state index < -0.39 is 0 Å². The van der Waals surface area contributed by atoms with Gasteiger partial charge in [0, 0.05) is 6.20 Å². The molecule has 0 aliphatic carbocycles. The molecule has 0 saturated heterocycles. The summed E-state index contributed by atoms with van der Waals surface area (Å²) in [6.07, 6.45) is 3.34. The monoisotopic (exact) mass is 167 g/mol. The van der Waals surface area contributed by atoms with Crippen LogP contribution in [0.3, 0.4) is 0 Å². The van der Waals surface area contributed by atoms with Gasteiger partial charge in [0.05, 0.1) is 0 Å². The second kappa shape index (κ2) is 4.03. The molecule has 0 saturated carbocycles. The molecule has 0 aliphatic heterocycles. The molecule has 1 aromatic rings. The summed E-state index contributed by atoms with van der Waals surface area (Å²) in [5.74, 6) is 0. The maximum atomic E-state index is 9.10. The number of aliphatic hydroxyl groups is 1. The summed E-state index contributed by atoms with van der Waals surface area (Å²) < 4.78 is 0. The van der Waals surface area contributed by atoms with E-state index in [9.17, 15) is 0 Å². The van der Waals surface area contributed by atoms with E-state index in [2.05, 4.69) is 4.98 Å². The Kier molecular flexibility index (Phi) is 2.98. The number of rotatable bonds is 2. The highest BCUT2D eigenvalue weighted by molar-refractivity contribution is 8.02. The SMILES string of the molecule is C/C=C(\O)Sc1ccccn1. The number of aliphatic hydroxyl groups excluding tert-OH is 1. The van der Waals surface area contributed by atoms with Gasteiger partial charge in [-0.1, -0.05) is 6.07 Å². The van der Waals surface area contributed by atoms with E-state index in [0.717, 1.165) is 5.03 Å². The number of thioether (sulfide) groups is 1. The Morgan fingerprint density at radius 1 is 1.64 bits per heavy atom. The van der Waals surface area contributed by atoms with Crippen molar-refractivity contribution >= 4 is 11.8 Å². The van der Waals surface area contributed by atoms with E-state index in [1.165, 1.54) is 11.8 Å². The van der Waals surface area contributed by atoms with Gasteiger partial charge in [-0.3, -0.25) is 0 Å². The third-order valence-electron chi connectivity index (χ3n) is 1.09. The summed E-state index contributed by atoms with van der Waals surface area (Å²) in [7, 11) is 0. The van der Waals surface area contributed by atoms with Gasteiger partial charge < -0.3 is 5.11 Å². The first kappa shape index (κ1) is 8.14. The van der Waals surface area contributed by atoms with Crippen LogP contribution in [0.4, 0.5) is 0 Å². The summed E-state index contributed by atoms with van der Waals surface area (Å²) in [5, 5.41) is 10.2. The summed E-state index contributed by atoms with van der Waals surface area (Å²) in [4.78, 5) is 4.03. The van der Waals surface area contributed by atoms with Crippen LogP contribution in [0.15, 0.2) is 40.6 Å². The highest BCUT2D eigenvalue weighted by Crippen LogP contribution is 2.20. The molecule has 58 valence electrons. The van der Waals surface area contributed by atoms with Crippen molar-refractivity contribution in [3.63, 3.8) is 0 Å². The lowest BCUT2D eigenvalue weighted by atomic mass is 10.5. The quantitative estimate of drug-likeness (QED) is 0.543. The molecular weight excluding hydrogens is 158 g/mol. The number of hydrogen-bond donors (Lipinski definition) is 1. The van der Waals surface area contributed by atoms with Gasteiger partial charge in [0.25, 0.3) is 0 Å². The molecule has 0 unspecified atom stereocenters. The summed E-state index contributed by atoms with van der Waals surface area (Å²) in [6.45, 7) is 1.78. The molecule has 0 radical (unpaired) electrons. The van der Waals surface area contributed by atoms with Crippen LogP contribution in [0.25, 0.3) is 0 Å². The van der Waals surface area contributed by atoms with E-state index in [-0.39, 0.29) is 5.09 Å². The van der Waals surface area contributed by atoms with Crippen molar-refractivity contribution in [3.05, 3.63) is 35.6 Å². The fourth-order valence-corrected chi connectivity index (χ4v) is 1.17. The van der Waals surface area contributed by atoms with Crippen molar-refractivity contribution in [3.8, 4) is 0 Å². The molecule has 0 bridgehead atoms. The predicted octanol–water partition coefficient (Wildman–Crippen LogP) is 2.59. The van der Waals surface area contributed by atoms with Gasteiger partial charge in [-0.05, 0) is 36.9 Å². The van der Waals surface area contributed by atoms with Crippen LogP contribution >= 0.6 is 11.8 Å². The van der Waals surface area contributed by atoms with Crippen molar-refractivity contribution in [1.29, 1.82) is 0 Å². The topological polar surface area (TPSA) is 33.1 Å². The second-order valence-electron chi connectivity index (χ2n) is 1.90. The largest absolute Gasteiger partial charge is 0.502 e. The van der Waals surface area contributed by atoms with Gasteiger partial charge in [-0.2, -0.15) is 0 Å². The van der Waals surface area contributed by atoms with E-state index in [1.807, 2.05) is 18.2 Å². The van der Waals surface area contributed by atoms with Crippen LogP contribution in [0.1, 0.15) is 6.92 Å². The third kappa shape index (κ3) is 2.63. The van der Waals surface area contributed by atoms with Crippen molar-refractivity contribution in [1.82, 2.24) is 4.98 Å². The lowest BCUT2D eigenvalue weighted by Crippen LogP contribution is -1.77. The molecule has 11 heavy (non-hydrogen) atoms. The number of allylic oxidation sites excluding steroid dienone is 1. The highest BCUT2D eigenvalue weighted by Gasteiger charge is 1.95. The Balaban J connectivity index is 2.65. The second-order valence-corrected chi connectivity index (χ2v) is 2.94. The lowest BCUT2D eigenvalue weighted by molar-refractivity contribution is 0.455.